The molecule has 3 aromatic rings. The van der Waals surface area contributed by atoms with Crippen LogP contribution in [-0.2, 0) is 14.4 Å². The number of fused-ring (bicyclic) bond motifs is 1. The van der Waals surface area contributed by atoms with E-state index in [4.69, 9.17) is 5.26 Å². The van der Waals surface area contributed by atoms with Gasteiger partial charge in [-0.1, -0.05) is 24.3 Å². The van der Waals surface area contributed by atoms with E-state index in [1.54, 1.807) is 6.07 Å². The van der Waals surface area contributed by atoms with Gasteiger partial charge in [0.25, 0.3) is 11.8 Å². The Morgan fingerprint density at radius 1 is 1.28 bits per heavy atom. The maximum atomic E-state index is 13.3. The van der Waals surface area contributed by atoms with Crippen molar-refractivity contribution < 1.29 is 14.4 Å². The third-order valence-electron chi connectivity index (χ3n) is 5.15. The summed E-state index contributed by atoms with van der Waals surface area (Å²) in [6, 6.07) is 14.8. The molecule has 0 radical (unpaired) electrons. The number of piperidine rings is 1. The Hall–Kier alpha value is -3.90. The van der Waals surface area contributed by atoms with Crippen molar-refractivity contribution >= 4 is 50.6 Å². The monoisotopic (exact) mass is 445 g/mol. The van der Waals surface area contributed by atoms with Crippen molar-refractivity contribution in [1.82, 2.24) is 10.4 Å². The van der Waals surface area contributed by atoms with Crippen LogP contribution in [0.3, 0.4) is 0 Å². The van der Waals surface area contributed by atoms with Crippen LogP contribution in [0.15, 0.2) is 47.6 Å². The van der Waals surface area contributed by atoms with E-state index in [0.717, 1.165) is 21.3 Å². The second kappa shape index (κ2) is 8.69. The molecule has 2 aromatic carbocycles. The van der Waals surface area contributed by atoms with Crippen LogP contribution < -0.4 is 10.3 Å². The van der Waals surface area contributed by atoms with E-state index in [1.807, 2.05) is 56.3 Å². The van der Waals surface area contributed by atoms with Gasteiger partial charge in [0.05, 0.1) is 28.5 Å². The number of nitriles is 1. The second-order valence-electron chi connectivity index (χ2n) is 7.47. The van der Waals surface area contributed by atoms with Gasteiger partial charge in [0.2, 0.25) is 5.78 Å². The van der Waals surface area contributed by atoms with Crippen LogP contribution >= 0.6 is 11.3 Å². The highest BCUT2D eigenvalue weighted by Gasteiger charge is 2.43. The Bertz CT molecular complexity index is 1290. The number of rotatable bonds is 4. The first kappa shape index (κ1) is 21.3. The standard InChI is InChI=1S/C23H19N5O3S/c1-13-7-8-14(2)17(11-13)28-12-16(26-27-19(29)9-10-24)20(21(30)23(28)31)22-25-15-5-3-4-6-18(15)32-22/h3-8,11,20H,9,12H2,1-2H3,(H,27,29)/b26-16+/t20-/m0/s1. The Kier molecular flexibility index (Phi) is 5.79. The number of hydrazone groups is 1. The molecule has 1 aliphatic rings. The number of amides is 2. The highest BCUT2D eigenvalue weighted by Crippen LogP contribution is 2.34. The molecule has 0 bridgehead atoms. The lowest BCUT2D eigenvalue weighted by atomic mass is 9.92. The first-order valence-corrected chi connectivity index (χ1v) is 10.7. The minimum atomic E-state index is -0.997. The van der Waals surface area contributed by atoms with Crippen molar-refractivity contribution in [1.29, 1.82) is 5.26 Å². The number of para-hydroxylation sites is 1. The molecule has 1 fully saturated rings. The number of carbonyl (C=O) groups excluding carboxylic acids is 3. The zero-order chi connectivity index (χ0) is 22.8. The molecule has 1 aromatic heterocycles. The molecule has 2 amide bonds. The summed E-state index contributed by atoms with van der Waals surface area (Å²) < 4.78 is 0.882. The zero-order valence-electron chi connectivity index (χ0n) is 17.5. The molecule has 0 spiro atoms. The molecule has 0 saturated carbocycles. The molecule has 1 aliphatic heterocycles. The molecule has 8 nitrogen and oxygen atoms in total. The molecule has 1 atom stereocenters. The number of carbonyl (C=O) groups is 3. The number of hydrogen-bond acceptors (Lipinski definition) is 7. The van der Waals surface area contributed by atoms with Crippen molar-refractivity contribution in [3.8, 4) is 6.07 Å². The summed E-state index contributed by atoms with van der Waals surface area (Å²) in [5.74, 6) is -2.90. The van der Waals surface area contributed by atoms with Crippen molar-refractivity contribution in [3.63, 3.8) is 0 Å². The van der Waals surface area contributed by atoms with Gasteiger partial charge in [-0.15, -0.1) is 11.3 Å². The van der Waals surface area contributed by atoms with Crippen LogP contribution in [0.1, 0.15) is 28.5 Å². The summed E-state index contributed by atoms with van der Waals surface area (Å²) in [6.07, 6.45) is -0.365. The predicted octanol–water partition coefficient (Wildman–Crippen LogP) is 3.00. The number of ketones is 1. The first-order chi connectivity index (χ1) is 15.4. The van der Waals surface area contributed by atoms with E-state index in [9.17, 15) is 14.4 Å². The fourth-order valence-corrected chi connectivity index (χ4v) is 4.65. The van der Waals surface area contributed by atoms with Gasteiger partial charge in [-0.2, -0.15) is 10.4 Å². The first-order valence-electron chi connectivity index (χ1n) is 9.89. The lowest BCUT2D eigenvalue weighted by Gasteiger charge is -2.32. The largest absolute Gasteiger partial charge is 0.300 e. The van der Waals surface area contributed by atoms with Gasteiger partial charge in [0.15, 0.2) is 0 Å². The lowest BCUT2D eigenvalue weighted by Crippen LogP contribution is -2.51. The molecule has 9 heteroatoms. The molecule has 0 aliphatic carbocycles. The summed E-state index contributed by atoms with van der Waals surface area (Å²) in [5.41, 5.74) is 5.74. The topological polar surface area (TPSA) is 116 Å². The lowest BCUT2D eigenvalue weighted by molar-refractivity contribution is -0.136. The molecule has 1 N–H and O–H groups in total. The van der Waals surface area contributed by atoms with E-state index in [2.05, 4.69) is 15.5 Å². The molecule has 1 saturated heterocycles. The molecule has 32 heavy (non-hydrogen) atoms. The zero-order valence-corrected chi connectivity index (χ0v) is 18.3. The van der Waals surface area contributed by atoms with Crippen LogP contribution in [0.4, 0.5) is 5.69 Å². The average Bonchev–Trinajstić information content (AvgIpc) is 3.20. The van der Waals surface area contributed by atoms with Gasteiger partial charge in [-0.3, -0.25) is 19.3 Å². The van der Waals surface area contributed by atoms with Crippen molar-refractivity contribution in [3.05, 3.63) is 58.6 Å². The Morgan fingerprint density at radius 2 is 2.06 bits per heavy atom. The van der Waals surface area contributed by atoms with Crippen molar-refractivity contribution in [2.75, 3.05) is 11.4 Å². The van der Waals surface area contributed by atoms with Crippen molar-refractivity contribution in [2.45, 2.75) is 26.2 Å². The van der Waals surface area contributed by atoms with Gasteiger partial charge in [0, 0.05) is 5.69 Å². The van der Waals surface area contributed by atoms with Gasteiger partial charge < -0.3 is 0 Å². The SMILES string of the molecule is Cc1ccc(C)c(N2C/C(=N\NC(=O)CC#N)[C@H](c3nc4ccccc4s3)C(=O)C2=O)c1. The molecule has 4 rings (SSSR count). The minimum absolute atomic E-state index is 0.0162. The quantitative estimate of drug-likeness (QED) is 0.490. The number of thiazole rings is 1. The highest BCUT2D eigenvalue weighted by atomic mass is 32.1. The number of benzene rings is 2. The van der Waals surface area contributed by atoms with E-state index in [-0.39, 0.29) is 13.0 Å². The molecule has 0 unspecified atom stereocenters. The third-order valence-corrected chi connectivity index (χ3v) is 6.25. The fourth-order valence-electron chi connectivity index (χ4n) is 3.55. The maximum absolute atomic E-state index is 13.3. The van der Waals surface area contributed by atoms with Crippen LogP contribution in [0.2, 0.25) is 0 Å². The molecule has 2 heterocycles. The van der Waals surface area contributed by atoms with Crippen LogP contribution in [-0.4, -0.2) is 34.8 Å². The smallest absolute Gasteiger partial charge is 0.295 e. The molecular formula is C23H19N5O3S. The van der Waals surface area contributed by atoms with E-state index in [0.29, 0.717) is 16.4 Å². The number of nitrogens with zero attached hydrogens (tertiary/aromatic N) is 4. The highest BCUT2D eigenvalue weighted by molar-refractivity contribution is 7.19. The fraction of sp³-hybridized carbons (Fsp3) is 0.217. The Balaban J connectivity index is 1.78. The maximum Gasteiger partial charge on any atom is 0.295 e. The summed E-state index contributed by atoms with van der Waals surface area (Å²) >= 11 is 1.31. The molecular weight excluding hydrogens is 426 g/mol. The van der Waals surface area contributed by atoms with Crippen molar-refractivity contribution in [2.24, 2.45) is 5.10 Å². The van der Waals surface area contributed by atoms with Crippen LogP contribution in [0.25, 0.3) is 10.2 Å². The Labute approximate surface area is 188 Å². The third kappa shape index (κ3) is 4.00. The van der Waals surface area contributed by atoms with E-state index in [1.165, 1.54) is 16.2 Å². The number of anilines is 1. The predicted molar refractivity (Wildman–Crippen MR) is 121 cm³/mol. The minimum Gasteiger partial charge on any atom is -0.300 e. The number of aromatic nitrogens is 1. The van der Waals surface area contributed by atoms with Gasteiger partial charge in [-0.05, 0) is 43.2 Å². The summed E-state index contributed by atoms with van der Waals surface area (Å²) in [6.45, 7) is 3.78. The summed E-state index contributed by atoms with van der Waals surface area (Å²) in [4.78, 5) is 44.2. The summed E-state index contributed by atoms with van der Waals surface area (Å²) in [5, 5.41) is 13.3. The number of aryl methyl sites for hydroxylation is 2. The second-order valence-corrected chi connectivity index (χ2v) is 8.53. The van der Waals surface area contributed by atoms with E-state index >= 15 is 0 Å². The average molecular weight is 446 g/mol. The van der Waals surface area contributed by atoms with Gasteiger partial charge in [0.1, 0.15) is 17.3 Å². The normalized spacial score (nSPS) is 17.6. The number of Topliss-reactive ketones (excluding diaryl/α,β-unsaturated/α-hetero) is 1. The Morgan fingerprint density at radius 3 is 2.81 bits per heavy atom. The van der Waals surface area contributed by atoms with E-state index < -0.39 is 23.5 Å². The molecule has 160 valence electrons. The van der Waals surface area contributed by atoms with Gasteiger partial charge in [-0.25, -0.2) is 10.4 Å². The summed E-state index contributed by atoms with van der Waals surface area (Å²) in [7, 11) is 0. The van der Waals surface area contributed by atoms with Crippen LogP contribution in [0.5, 0.6) is 0 Å². The van der Waals surface area contributed by atoms with Crippen LogP contribution in [0, 0.1) is 25.2 Å². The number of hydrogen-bond donors (Lipinski definition) is 1. The van der Waals surface area contributed by atoms with Gasteiger partial charge >= 0.3 is 0 Å². The number of nitrogens with one attached hydrogen (secondary N) is 1.